The Bertz CT molecular complexity index is 1770. The Morgan fingerprint density at radius 2 is 1.48 bits per heavy atom. The highest BCUT2D eigenvalue weighted by Gasteiger charge is 2.36. The minimum atomic E-state index is -4.25. The second-order valence-electron chi connectivity index (χ2n) is 11.9. The van der Waals surface area contributed by atoms with Gasteiger partial charge in [0.2, 0.25) is 11.8 Å². The van der Waals surface area contributed by atoms with Gasteiger partial charge in [0.05, 0.1) is 17.2 Å². The van der Waals surface area contributed by atoms with Crippen LogP contribution in [-0.2, 0) is 32.6 Å². The first kappa shape index (κ1) is 35.0. The molecule has 0 unspecified atom stereocenters. The number of anilines is 1. The number of benzene rings is 4. The zero-order valence-electron chi connectivity index (χ0n) is 27.1. The van der Waals surface area contributed by atoms with E-state index in [2.05, 4.69) is 5.32 Å². The summed E-state index contributed by atoms with van der Waals surface area (Å²) in [6.45, 7) is 1.53. The summed E-state index contributed by atoms with van der Waals surface area (Å²) in [5.74, 6) is -0.514. The molecule has 0 aliphatic heterocycles. The van der Waals surface area contributed by atoms with E-state index in [1.807, 2.05) is 49.4 Å². The van der Waals surface area contributed by atoms with E-state index in [0.717, 1.165) is 42.0 Å². The van der Waals surface area contributed by atoms with Crippen LogP contribution in [0, 0.1) is 0 Å². The molecule has 1 atom stereocenters. The van der Waals surface area contributed by atoms with E-state index in [0.29, 0.717) is 22.9 Å². The van der Waals surface area contributed by atoms with Crippen LogP contribution in [0.2, 0.25) is 5.02 Å². The number of sulfonamides is 1. The van der Waals surface area contributed by atoms with E-state index in [9.17, 15) is 18.0 Å². The summed E-state index contributed by atoms with van der Waals surface area (Å²) < 4.78 is 35.5. The third-order valence-corrected chi connectivity index (χ3v) is 10.7. The van der Waals surface area contributed by atoms with Crippen molar-refractivity contribution in [3.8, 4) is 5.75 Å². The van der Waals surface area contributed by atoms with Gasteiger partial charge in [-0.25, -0.2) is 8.42 Å². The lowest BCUT2D eigenvalue weighted by molar-refractivity contribution is -0.140. The second kappa shape index (κ2) is 16.7. The van der Waals surface area contributed by atoms with Crippen molar-refractivity contribution in [2.24, 2.45) is 0 Å². The molecule has 1 aliphatic rings. The van der Waals surface area contributed by atoms with Gasteiger partial charge >= 0.3 is 0 Å². The molecule has 0 bridgehead atoms. The van der Waals surface area contributed by atoms with E-state index in [4.69, 9.17) is 16.3 Å². The molecular weight excluding hydrogens is 646 g/mol. The number of para-hydroxylation sites is 2. The molecule has 1 saturated carbocycles. The fraction of sp³-hybridized carbons (Fsp3) is 0.316. The van der Waals surface area contributed by atoms with Crippen molar-refractivity contribution in [1.82, 2.24) is 10.2 Å². The van der Waals surface area contributed by atoms with Crippen LogP contribution in [-0.4, -0.2) is 50.4 Å². The summed E-state index contributed by atoms with van der Waals surface area (Å²) in [6.07, 6.45) is 5.17. The van der Waals surface area contributed by atoms with Gasteiger partial charge in [0, 0.05) is 24.0 Å². The summed E-state index contributed by atoms with van der Waals surface area (Å²) in [5, 5.41) is 3.67. The minimum absolute atomic E-state index is 0.000422. The molecule has 0 saturated heterocycles. The van der Waals surface area contributed by atoms with Crippen LogP contribution < -0.4 is 14.4 Å². The number of hydrogen-bond donors (Lipinski definition) is 1. The summed E-state index contributed by atoms with van der Waals surface area (Å²) in [7, 11) is -4.25. The average Bonchev–Trinajstić information content (AvgIpc) is 3.11. The quantitative estimate of drug-likeness (QED) is 0.154. The van der Waals surface area contributed by atoms with Crippen LogP contribution >= 0.6 is 11.6 Å². The highest BCUT2D eigenvalue weighted by atomic mass is 35.5. The predicted octanol–water partition coefficient (Wildman–Crippen LogP) is 7.02. The van der Waals surface area contributed by atoms with Gasteiger partial charge in [-0.15, -0.1) is 0 Å². The highest BCUT2D eigenvalue weighted by Crippen LogP contribution is 2.33. The van der Waals surface area contributed by atoms with Crippen LogP contribution in [0.3, 0.4) is 0 Å². The number of nitrogens with one attached hydrogen (secondary N) is 1. The molecule has 4 aromatic rings. The Kier molecular flexibility index (Phi) is 12.1. The SMILES string of the molecule is CCOc1ccccc1N(CC(=O)N(Cc1ccccc1Cl)[C@H](Cc1ccccc1)C(=O)NC1CCCCC1)S(=O)(=O)c1ccccc1. The van der Waals surface area contributed by atoms with E-state index >= 15 is 0 Å². The summed E-state index contributed by atoms with van der Waals surface area (Å²) >= 11 is 6.62. The van der Waals surface area contributed by atoms with Gasteiger partial charge in [-0.2, -0.15) is 0 Å². The van der Waals surface area contributed by atoms with Crippen LogP contribution in [0.5, 0.6) is 5.75 Å². The zero-order valence-corrected chi connectivity index (χ0v) is 28.7. The van der Waals surface area contributed by atoms with Crippen molar-refractivity contribution < 1.29 is 22.7 Å². The number of carbonyl (C=O) groups is 2. The van der Waals surface area contributed by atoms with Crippen LogP contribution in [0.4, 0.5) is 5.69 Å². The van der Waals surface area contributed by atoms with Gasteiger partial charge in [-0.05, 0) is 61.2 Å². The molecule has 0 heterocycles. The van der Waals surface area contributed by atoms with Gasteiger partial charge in [0.15, 0.2) is 0 Å². The van der Waals surface area contributed by atoms with E-state index in [1.54, 1.807) is 54.6 Å². The maximum absolute atomic E-state index is 14.8. The third kappa shape index (κ3) is 8.76. The van der Waals surface area contributed by atoms with Gasteiger partial charge < -0.3 is 15.0 Å². The molecule has 5 rings (SSSR count). The molecule has 2 amide bonds. The first-order valence-electron chi connectivity index (χ1n) is 16.4. The largest absolute Gasteiger partial charge is 0.492 e. The Morgan fingerprint density at radius 3 is 2.17 bits per heavy atom. The number of halogens is 1. The van der Waals surface area contributed by atoms with E-state index in [-0.39, 0.29) is 35.5 Å². The topological polar surface area (TPSA) is 96.0 Å². The van der Waals surface area contributed by atoms with Crippen molar-refractivity contribution in [1.29, 1.82) is 0 Å². The molecule has 1 fully saturated rings. The Labute approximate surface area is 288 Å². The number of nitrogens with zero attached hydrogens (tertiary/aromatic N) is 2. The maximum atomic E-state index is 14.8. The minimum Gasteiger partial charge on any atom is -0.492 e. The first-order valence-corrected chi connectivity index (χ1v) is 18.3. The number of amides is 2. The van der Waals surface area contributed by atoms with Crippen molar-refractivity contribution in [3.05, 3.63) is 125 Å². The summed E-state index contributed by atoms with van der Waals surface area (Å²) in [5.41, 5.74) is 1.73. The van der Waals surface area contributed by atoms with Crippen molar-refractivity contribution in [3.63, 3.8) is 0 Å². The monoisotopic (exact) mass is 687 g/mol. The van der Waals surface area contributed by atoms with E-state index in [1.165, 1.54) is 17.0 Å². The predicted molar refractivity (Wildman–Crippen MR) is 190 cm³/mol. The van der Waals surface area contributed by atoms with Crippen molar-refractivity contribution in [2.45, 2.75) is 69.0 Å². The number of ether oxygens (including phenoxy) is 1. The Hall–Kier alpha value is -4.34. The molecule has 8 nitrogen and oxygen atoms in total. The first-order chi connectivity index (χ1) is 23.3. The lowest BCUT2D eigenvalue weighted by atomic mass is 9.94. The zero-order chi connectivity index (χ0) is 33.9. The van der Waals surface area contributed by atoms with Gasteiger partial charge in [0.1, 0.15) is 18.3 Å². The Balaban J connectivity index is 1.59. The maximum Gasteiger partial charge on any atom is 0.264 e. The molecule has 0 aromatic heterocycles. The lowest BCUT2D eigenvalue weighted by Gasteiger charge is -2.35. The summed E-state index contributed by atoms with van der Waals surface area (Å²) in [4.78, 5) is 30.5. The molecule has 0 spiro atoms. The van der Waals surface area contributed by atoms with Gasteiger partial charge in [-0.1, -0.05) is 110 Å². The van der Waals surface area contributed by atoms with Crippen LogP contribution in [0.15, 0.2) is 114 Å². The molecular formula is C38H42ClN3O5S. The molecule has 1 aliphatic carbocycles. The smallest absolute Gasteiger partial charge is 0.264 e. The normalized spacial score (nSPS) is 14.1. The molecule has 10 heteroatoms. The number of hydrogen-bond acceptors (Lipinski definition) is 5. The second-order valence-corrected chi connectivity index (χ2v) is 14.2. The molecule has 0 radical (unpaired) electrons. The molecule has 252 valence electrons. The number of rotatable bonds is 14. The fourth-order valence-corrected chi connectivity index (χ4v) is 7.72. The average molecular weight is 688 g/mol. The van der Waals surface area contributed by atoms with Crippen molar-refractivity contribution in [2.75, 3.05) is 17.5 Å². The highest BCUT2D eigenvalue weighted by molar-refractivity contribution is 7.92. The lowest BCUT2D eigenvalue weighted by Crippen LogP contribution is -2.55. The van der Waals surface area contributed by atoms with Crippen LogP contribution in [0.1, 0.15) is 50.2 Å². The van der Waals surface area contributed by atoms with Crippen molar-refractivity contribution >= 4 is 39.1 Å². The third-order valence-electron chi connectivity index (χ3n) is 8.57. The Morgan fingerprint density at radius 1 is 0.854 bits per heavy atom. The summed E-state index contributed by atoms with van der Waals surface area (Å²) in [6, 6.07) is 30.5. The molecule has 4 aromatic carbocycles. The fourth-order valence-electron chi connectivity index (χ4n) is 6.08. The van der Waals surface area contributed by atoms with E-state index < -0.39 is 28.5 Å². The van der Waals surface area contributed by atoms with Gasteiger partial charge in [0.25, 0.3) is 10.0 Å². The molecule has 1 N–H and O–H groups in total. The van der Waals surface area contributed by atoms with Crippen LogP contribution in [0.25, 0.3) is 0 Å². The molecule has 48 heavy (non-hydrogen) atoms. The standard InChI is InChI=1S/C38H42ClN3O5S/c1-2-47-36-25-15-14-24-34(36)42(48(45,46)32-21-10-5-11-22-32)28-37(43)41(27-30-18-12-13-23-33(30)39)35(26-29-16-6-3-7-17-29)38(44)40-31-19-8-4-9-20-31/h3,5-7,10-18,21-25,31,35H,2,4,8-9,19-20,26-28H2,1H3,(H,40,44)/t35-/m1/s1. The van der Waals surface area contributed by atoms with Gasteiger partial charge in [-0.3, -0.25) is 13.9 Å². The number of carbonyl (C=O) groups excluding carboxylic acids is 2.